The Bertz CT molecular complexity index is 188. The summed E-state index contributed by atoms with van der Waals surface area (Å²) in [5.41, 5.74) is 7.80. The second-order valence-corrected chi connectivity index (χ2v) is 2.34. The zero-order chi connectivity index (χ0) is 10.7. The van der Waals surface area contributed by atoms with Gasteiger partial charge < -0.3 is 10.5 Å². The molecule has 2 nitrogen and oxygen atoms in total. The van der Waals surface area contributed by atoms with Crippen LogP contribution in [0.5, 0.6) is 0 Å². The Labute approximate surface area is 101 Å². The number of carbonyl (C=O) groups is 1. The Balaban J connectivity index is -0.000000376. The molecule has 0 fully saturated rings. The molecule has 0 bridgehead atoms. The van der Waals surface area contributed by atoms with Crippen LogP contribution in [0.2, 0.25) is 0 Å². The summed E-state index contributed by atoms with van der Waals surface area (Å²) in [7, 11) is 0. The van der Waals surface area contributed by atoms with Gasteiger partial charge in [-0.2, -0.15) is 0 Å². The van der Waals surface area contributed by atoms with Crippen LogP contribution < -0.4 is 0 Å². The SMILES string of the molecule is C=C.C=C/C(=C\C)CCCC([NH-])=O.[W]. The van der Waals surface area contributed by atoms with Crippen molar-refractivity contribution in [2.45, 2.75) is 26.2 Å². The molecule has 0 aromatic rings. The van der Waals surface area contributed by atoms with Crippen molar-refractivity contribution in [1.29, 1.82) is 0 Å². The number of hydrogen-bond donors (Lipinski definition) is 0. The number of rotatable bonds is 5. The Morgan fingerprint density at radius 3 is 2.14 bits per heavy atom. The van der Waals surface area contributed by atoms with Gasteiger partial charge in [0.15, 0.2) is 0 Å². The summed E-state index contributed by atoms with van der Waals surface area (Å²) >= 11 is 0. The Morgan fingerprint density at radius 2 is 1.86 bits per heavy atom. The van der Waals surface area contributed by atoms with Gasteiger partial charge in [0.1, 0.15) is 0 Å². The van der Waals surface area contributed by atoms with Gasteiger partial charge in [-0.25, -0.2) is 0 Å². The van der Waals surface area contributed by atoms with E-state index in [0.717, 1.165) is 18.4 Å². The first kappa shape index (κ1) is 19.0. The van der Waals surface area contributed by atoms with E-state index in [1.807, 2.05) is 13.0 Å². The fourth-order valence-corrected chi connectivity index (χ4v) is 0.817. The molecule has 0 radical (unpaired) electrons. The molecule has 0 aliphatic heterocycles. The molecule has 0 unspecified atom stereocenters. The van der Waals surface area contributed by atoms with E-state index < -0.39 is 5.91 Å². The van der Waals surface area contributed by atoms with Gasteiger partial charge in [-0.1, -0.05) is 24.3 Å². The van der Waals surface area contributed by atoms with Crippen molar-refractivity contribution in [3.8, 4) is 0 Å². The summed E-state index contributed by atoms with van der Waals surface area (Å²) in [5, 5.41) is 0. The van der Waals surface area contributed by atoms with E-state index in [4.69, 9.17) is 5.73 Å². The maximum Gasteiger partial charge on any atom is 0.0487 e. The third-order valence-electron chi connectivity index (χ3n) is 1.50. The smallest absolute Gasteiger partial charge is 0.0487 e. The van der Waals surface area contributed by atoms with E-state index in [-0.39, 0.29) is 21.1 Å². The van der Waals surface area contributed by atoms with E-state index in [1.54, 1.807) is 6.08 Å². The van der Waals surface area contributed by atoms with E-state index in [1.165, 1.54) is 0 Å². The average molecular weight is 364 g/mol. The number of carbonyl (C=O) groups excluding carboxylic acids is 1. The van der Waals surface area contributed by atoms with Crippen LogP contribution in [0.1, 0.15) is 26.2 Å². The van der Waals surface area contributed by atoms with Crippen LogP contribution in [0.25, 0.3) is 5.73 Å². The summed E-state index contributed by atoms with van der Waals surface area (Å²) in [4.78, 5) is 10.2. The summed E-state index contributed by atoms with van der Waals surface area (Å²) in [5.74, 6) is -0.482. The summed E-state index contributed by atoms with van der Waals surface area (Å²) in [6.07, 6.45) is 5.72. The van der Waals surface area contributed by atoms with Crippen LogP contribution in [0.3, 0.4) is 0 Å². The summed E-state index contributed by atoms with van der Waals surface area (Å²) in [6.45, 7) is 11.6. The minimum Gasteiger partial charge on any atom is -0.668 e. The van der Waals surface area contributed by atoms with Crippen LogP contribution in [-0.2, 0) is 25.9 Å². The molecule has 0 aromatic carbocycles. The molecule has 0 atom stereocenters. The van der Waals surface area contributed by atoms with Crippen molar-refractivity contribution in [2.75, 3.05) is 0 Å². The van der Waals surface area contributed by atoms with Crippen molar-refractivity contribution in [1.82, 2.24) is 0 Å². The standard InChI is InChI=1S/C9H15NO.C2H4.W/c1-3-8(4-2)6-5-7-9(10)11;1-2;/h3-4H,1,5-7H2,2H3,(H2,10,11);1-2H2;/p-1/b8-4+;;. The minimum absolute atomic E-state index is 0. The molecule has 0 saturated heterocycles. The molecule has 0 spiro atoms. The fraction of sp³-hybridized carbons (Fsp3) is 0.364. The van der Waals surface area contributed by atoms with Crippen LogP contribution in [-0.4, -0.2) is 5.91 Å². The molecule has 1 amide bonds. The monoisotopic (exact) mass is 364 g/mol. The molecule has 1 N–H and O–H groups in total. The number of hydrogen-bond acceptors (Lipinski definition) is 1. The van der Waals surface area contributed by atoms with Crippen LogP contribution in [0.15, 0.2) is 37.5 Å². The normalized spacial score (nSPS) is 9.07. The van der Waals surface area contributed by atoms with Gasteiger partial charge in [-0.05, 0) is 26.2 Å². The molecule has 0 aliphatic rings. The molecule has 0 saturated carbocycles. The predicted molar refractivity (Wildman–Crippen MR) is 58.4 cm³/mol. The Hall–Kier alpha value is -0.622. The van der Waals surface area contributed by atoms with Gasteiger partial charge in [0.2, 0.25) is 0 Å². The van der Waals surface area contributed by atoms with Crippen LogP contribution >= 0.6 is 0 Å². The van der Waals surface area contributed by atoms with Gasteiger partial charge >= 0.3 is 0 Å². The molecule has 14 heavy (non-hydrogen) atoms. The van der Waals surface area contributed by atoms with Crippen LogP contribution in [0, 0.1) is 0 Å². The first-order valence-electron chi connectivity index (χ1n) is 4.22. The molecule has 80 valence electrons. The largest absolute Gasteiger partial charge is 0.668 e. The average Bonchev–Trinajstić information content (AvgIpc) is 2.15. The van der Waals surface area contributed by atoms with E-state index in [2.05, 4.69) is 19.7 Å². The molecular formula is C11H18NOW-. The fourth-order valence-electron chi connectivity index (χ4n) is 0.817. The maximum absolute atomic E-state index is 10.2. The molecule has 0 rings (SSSR count). The number of nitrogens with one attached hydrogen (secondary N) is 1. The maximum atomic E-state index is 10.2. The second-order valence-electron chi connectivity index (χ2n) is 2.34. The quantitative estimate of drug-likeness (QED) is 0.542. The third kappa shape index (κ3) is 13.9. The van der Waals surface area contributed by atoms with Crippen molar-refractivity contribution < 1.29 is 25.9 Å². The molecule has 0 aliphatic carbocycles. The van der Waals surface area contributed by atoms with Gasteiger partial charge in [0, 0.05) is 27.0 Å². The zero-order valence-electron chi connectivity index (χ0n) is 8.71. The third-order valence-corrected chi connectivity index (χ3v) is 1.50. The Kier molecular flexibility index (Phi) is 20.2. The molecule has 0 aromatic heterocycles. The zero-order valence-corrected chi connectivity index (χ0v) is 11.6. The number of amides is 1. The second kappa shape index (κ2) is 14.9. The van der Waals surface area contributed by atoms with Crippen molar-refractivity contribution in [2.24, 2.45) is 0 Å². The van der Waals surface area contributed by atoms with Crippen molar-refractivity contribution in [3.05, 3.63) is 43.2 Å². The minimum atomic E-state index is -0.482. The van der Waals surface area contributed by atoms with E-state index >= 15 is 0 Å². The van der Waals surface area contributed by atoms with E-state index in [0.29, 0.717) is 6.42 Å². The van der Waals surface area contributed by atoms with Gasteiger partial charge in [0.25, 0.3) is 0 Å². The van der Waals surface area contributed by atoms with Crippen molar-refractivity contribution >= 4 is 5.91 Å². The first-order chi connectivity index (χ1) is 6.20. The topological polar surface area (TPSA) is 40.9 Å². The number of allylic oxidation sites excluding steroid dienone is 3. The first-order valence-corrected chi connectivity index (χ1v) is 4.22. The Morgan fingerprint density at radius 1 is 1.36 bits per heavy atom. The summed E-state index contributed by atoms with van der Waals surface area (Å²) in [6, 6.07) is 0. The van der Waals surface area contributed by atoms with E-state index in [9.17, 15) is 4.79 Å². The molecular weight excluding hydrogens is 346 g/mol. The van der Waals surface area contributed by atoms with Crippen molar-refractivity contribution in [3.63, 3.8) is 0 Å². The predicted octanol–water partition coefficient (Wildman–Crippen LogP) is 3.67. The molecule has 3 heteroatoms. The molecule has 0 heterocycles. The van der Waals surface area contributed by atoms with Gasteiger partial charge in [0.05, 0.1) is 0 Å². The van der Waals surface area contributed by atoms with Crippen LogP contribution in [0.4, 0.5) is 0 Å². The van der Waals surface area contributed by atoms with Gasteiger partial charge in [-0.15, -0.1) is 13.2 Å². The summed E-state index contributed by atoms with van der Waals surface area (Å²) < 4.78 is 0. The van der Waals surface area contributed by atoms with Gasteiger partial charge in [-0.3, -0.25) is 0 Å².